The summed E-state index contributed by atoms with van der Waals surface area (Å²) in [5, 5.41) is 10.3. The van der Waals surface area contributed by atoms with Crippen LogP contribution in [0.1, 0.15) is 55.8 Å². The molecular formula is C14H20ClN3O2. The molecular weight excluding hydrogens is 278 g/mol. The minimum absolute atomic E-state index is 0.128. The fourth-order valence-electron chi connectivity index (χ4n) is 2.35. The summed E-state index contributed by atoms with van der Waals surface area (Å²) in [4.78, 5) is 22.5. The number of carbonyl (C=O) groups is 1. The van der Waals surface area contributed by atoms with Gasteiger partial charge in [-0.15, -0.1) is 0 Å². The first-order chi connectivity index (χ1) is 9.30. The Balaban J connectivity index is 2.26. The Morgan fingerprint density at radius 1 is 1.55 bits per heavy atom. The zero-order valence-corrected chi connectivity index (χ0v) is 12.8. The zero-order valence-electron chi connectivity index (χ0n) is 12.1. The van der Waals surface area contributed by atoms with E-state index in [1.807, 2.05) is 13.8 Å². The maximum atomic E-state index is 12.5. The summed E-state index contributed by atoms with van der Waals surface area (Å²) in [6, 6.07) is 0. The molecule has 1 saturated heterocycles. The summed E-state index contributed by atoms with van der Waals surface area (Å²) in [6.07, 6.45) is 2.95. The van der Waals surface area contributed by atoms with Crippen LogP contribution in [0.5, 0.6) is 0 Å². The van der Waals surface area contributed by atoms with E-state index in [2.05, 4.69) is 9.97 Å². The molecule has 1 unspecified atom stereocenters. The van der Waals surface area contributed by atoms with Crippen molar-refractivity contribution in [3.05, 3.63) is 22.7 Å². The van der Waals surface area contributed by atoms with Crippen molar-refractivity contribution >= 4 is 17.5 Å². The van der Waals surface area contributed by atoms with Gasteiger partial charge < -0.3 is 10.0 Å². The Labute approximate surface area is 124 Å². The van der Waals surface area contributed by atoms with Crippen molar-refractivity contribution in [3.63, 3.8) is 0 Å². The maximum absolute atomic E-state index is 12.5. The number of rotatable bonds is 2. The van der Waals surface area contributed by atoms with E-state index in [1.165, 1.54) is 6.20 Å². The van der Waals surface area contributed by atoms with Crippen molar-refractivity contribution in [2.75, 3.05) is 13.1 Å². The summed E-state index contributed by atoms with van der Waals surface area (Å²) in [7, 11) is 0. The number of likely N-dealkylation sites (tertiary alicyclic amines) is 1. The maximum Gasteiger partial charge on any atom is 0.274 e. The van der Waals surface area contributed by atoms with Crippen LogP contribution >= 0.6 is 11.6 Å². The average molecular weight is 298 g/mol. The Kier molecular flexibility index (Phi) is 4.30. The molecule has 1 amide bonds. The van der Waals surface area contributed by atoms with E-state index >= 15 is 0 Å². The molecule has 1 atom stereocenters. The Bertz CT molecular complexity index is 517. The minimum Gasteiger partial charge on any atom is -0.388 e. The van der Waals surface area contributed by atoms with Crippen LogP contribution in [0.15, 0.2) is 6.20 Å². The van der Waals surface area contributed by atoms with Gasteiger partial charge in [-0.1, -0.05) is 25.4 Å². The smallest absolute Gasteiger partial charge is 0.274 e. The van der Waals surface area contributed by atoms with Gasteiger partial charge in [0.2, 0.25) is 0 Å². The van der Waals surface area contributed by atoms with Gasteiger partial charge in [0.25, 0.3) is 5.91 Å². The van der Waals surface area contributed by atoms with Crippen LogP contribution in [-0.4, -0.2) is 44.6 Å². The molecule has 0 aliphatic carbocycles. The van der Waals surface area contributed by atoms with Gasteiger partial charge >= 0.3 is 0 Å². The predicted molar refractivity (Wildman–Crippen MR) is 76.9 cm³/mol. The van der Waals surface area contributed by atoms with Gasteiger partial charge in [-0.25, -0.2) is 9.97 Å². The first-order valence-electron chi connectivity index (χ1n) is 6.84. The molecule has 2 rings (SSSR count). The number of nitrogens with zero attached hydrogens (tertiary/aromatic N) is 3. The average Bonchev–Trinajstić information content (AvgIpc) is 2.37. The summed E-state index contributed by atoms with van der Waals surface area (Å²) in [6.45, 7) is 6.59. The number of carbonyl (C=O) groups excluding carboxylic acids is 1. The molecule has 2 heterocycles. The molecule has 1 aromatic rings. The number of amides is 1. The number of piperidine rings is 1. The van der Waals surface area contributed by atoms with E-state index in [1.54, 1.807) is 11.8 Å². The van der Waals surface area contributed by atoms with Crippen LogP contribution in [-0.2, 0) is 0 Å². The van der Waals surface area contributed by atoms with Gasteiger partial charge in [0.05, 0.1) is 16.8 Å². The molecule has 0 spiro atoms. The lowest BCUT2D eigenvalue weighted by molar-refractivity contribution is -0.0109. The van der Waals surface area contributed by atoms with E-state index < -0.39 is 5.60 Å². The van der Waals surface area contributed by atoms with Crippen molar-refractivity contribution in [2.45, 2.75) is 45.1 Å². The third-order valence-electron chi connectivity index (χ3n) is 3.44. The third kappa shape index (κ3) is 3.27. The monoisotopic (exact) mass is 297 g/mol. The quantitative estimate of drug-likeness (QED) is 0.909. The first kappa shape index (κ1) is 15.2. The Hall–Kier alpha value is -1.20. The highest BCUT2D eigenvalue weighted by atomic mass is 35.5. The highest BCUT2D eigenvalue weighted by Crippen LogP contribution is 2.24. The lowest BCUT2D eigenvalue weighted by Gasteiger charge is -2.36. The molecule has 1 N–H and O–H groups in total. The minimum atomic E-state index is -0.839. The molecule has 1 fully saturated rings. The summed E-state index contributed by atoms with van der Waals surface area (Å²) in [5.74, 6) is 0.490. The largest absolute Gasteiger partial charge is 0.388 e. The summed E-state index contributed by atoms with van der Waals surface area (Å²) in [5.41, 5.74) is -0.614. The van der Waals surface area contributed by atoms with Gasteiger partial charge in [0.1, 0.15) is 5.82 Å². The van der Waals surface area contributed by atoms with E-state index in [0.29, 0.717) is 25.3 Å². The SMILES string of the molecule is CC(C)c1ncc(Cl)c(C(=O)N2CCCC(C)(O)C2)n1. The van der Waals surface area contributed by atoms with Crippen LogP contribution in [0, 0.1) is 0 Å². The standard InChI is InChI=1S/C14H20ClN3O2/c1-9(2)12-16-7-10(15)11(17-12)13(19)18-6-4-5-14(3,20)8-18/h7,9,20H,4-6,8H2,1-3H3. The van der Waals surface area contributed by atoms with E-state index in [0.717, 1.165) is 6.42 Å². The lowest BCUT2D eigenvalue weighted by Crippen LogP contribution is -2.48. The zero-order chi connectivity index (χ0) is 14.9. The number of hydrogen-bond donors (Lipinski definition) is 1. The fraction of sp³-hybridized carbons (Fsp3) is 0.643. The Morgan fingerprint density at radius 2 is 2.25 bits per heavy atom. The highest BCUT2D eigenvalue weighted by Gasteiger charge is 2.32. The third-order valence-corrected chi connectivity index (χ3v) is 3.72. The van der Waals surface area contributed by atoms with Crippen LogP contribution < -0.4 is 0 Å². The normalized spacial score (nSPS) is 23.2. The molecule has 5 nitrogen and oxygen atoms in total. The number of halogens is 1. The fourth-order valence-corrected chi connectivity index (χ4v) is 2.52. The lowest BCUT2D eigenvalue weighted by atomic mass is 9.95. The second-order valence-corrected chi connectivity index (χ2v) is 6.31. The van der Waals surface area contributed by atoms with Crippen molar-refractivity contribution in [1.82, 2.24) is 14.9 Å². The first-order valence-corrected chi connectivity index (χ1v) is 7.22. The second-order valence-electron chi connectivity index (χ2n) is 5.91. The summed E-state index contributed by atoms with van der Waals surface area (Å²) >= 11 is 6.05. The second kappa shape index (κ2) is 5.66. The molecule has 0 radical (unpaired) electrons. The molecule has 0 aromatic carbocycles. The van der Waals surface area contributed by atoms with Crippen LogP contribution in [0.4, 0.5) is 0 Å². The van der Waals surface area contributed by atoms with Crippen molar-refractivity contribution in [2.24, 2.45) is 0 Å². The highest BCUT2D eigenvalue weighted by molar-refractivity contribution is 6.33. The molecule has 20 heavy (non-hydrogen) atoms. The van der Waals surface area contributed by atoms with Gasteiger partial charge in [0.15, 0.2) is 5.69 Å². The summed E-state index contributed by atoms with van der Waals surface area (Å²) < 4.78 is 0. The molecule has 1 aliphatic heterocycles. The molecule has 1 aliphatic rings. The number of aromatic nitrogens is 2. The molecule has 6 heteroatoms. The molecule has 1 aromatic heterocycles. The Morgan fingerprint density at radius 3 is 2.85 bits per heavy atom. The van der Waals surface area contributed by atoms with Gasteiger partial charge in [-0.3, -0.25) is 4.79 Å². The molecule has 110 valence electrons. The van der Waals surface area contributed by atoms with Gasteiger partial charge in [-0.2, -0.15) is 0 Å². The van der Waals surface area contributed by atoms with Gasteiger partial charge in [0, 0.05) is 19.0 Å². The molecule has 0 saturated carbocycles. The topological polar surface area (TPSA) is 66.3 Å². The van der Waals surface area contributed by atoms with Crippen molar-refractivity contribution in [3.8, 4) is 0 Å². The molecule has 0 bridgehead atoms. The number of β-amino-alcohol motifs (C(OH)–C–C–N with tert-alkyl or cyclic N) is 1. The van der Waals surface area contributed by atoms with Crippen LogP contribution in [0.3, 0.4) is 0 Å². The van der Waals surface area contributed by atoms with E-state index in [-0.39, 0.29) is 22.5 Å². The van der Waals surface area contributed by atoms with Crippen molar-refractivity contribution in [1.29, 1.82) is 0 Å². The predicted octanol–water partition coefficient (Wildman–Crippen LogP) is 2.24. The van der Waals surface area contributed by atoms with Crippen LogP contribution in [0.2, 0.25) is 5.02 Å². The van der Waals surface area contributed by atoms with E-state index in [9.17, 15) is 9.90 Å². The van der Waals surface area contributed by atoms with E-state index in [4.69, 9.17) is 11.6 Å². The number of aliphatic hydroxyl groups is 1. The van der Waals surface area contributed by atoms with Crippen LogP contribution in [0.25, 0.3) is 0 Å². The van der Waals surface area contributed by atoms with Gasteiger partial charge in [-0.05, 0) is 19.8 Å². The number of hydrogen-bond acceptors (Lipinski definition) is 4. The van der Waals surface area contributed by atoms with Crippen molar-refractivity contribution < 1.29 is 9.90 Å².